The second-order valence-electron chi connectivity index (χ2n) is 3.31. The average molecular weight is 215 g/mol. The summed E-state index contributed by atoms with van der Waals surface area (Å²) in [4.78, 5) is 21.7. The van der Waals surface area contributed by atoms with E-state index in [1.807, 2.05) is 34.6 Å². The number of hydrogen-bond acceptors (Lipinski definition) is 2. The molecule has 0 aromatic heterocycles. The fraction of sp³-hybridized carbons (Fsp3) is 0.833. The van der Waals surface area contributed by atoms with Gasteiger partial charge in [-0.25, -0.2) is 0 Å². The summed E-state index contributed by atoms with van der Waals surface area (Å²) >= 11 is 0. The summed E-state index contributed by atoms with van der Waals surface area (Å²) < 4.78 is 0. The first-order valence-electron chi connectivity index (χ1n) is 5.79. The van der Waals surface area contributed by atoms with Gasteiger partial charge in [-0.2, -0.15) is 0 Å². The van der Waals surface area contributed by atoms with Gasteiger partial charge >= 0.3 is 0 Å². The minimum Gasteiger partial charge on any atom is -0.344 e. The minimum atomic E-state index is -0.508. The molecule has 0 heterocycles. The van der Waals surface area contributed by atoms with Crippen LogP contribution in [-0.4, -0.2) is 17.2 Å². The second kappa shape index (κ2) is 7.43. The Morgan fingerprint density at radius 3 is 1.53 bits per heavy atom. The largest absolute Gasteiger partial charge is 0.344 e. The maximum atomic E-state index is 11.1. The number of ketones is 1. The molecule has 1 amide bonds. The van der Waals surface area contributed by atoms with Crippen molar-refractivity contribution in [2.24, 2.45) is 5.92 Å². The van der Waals surface area contributed by atoms with Gasteiger partial charge in [0.15, 0.2) is 5.78 Å². The molecular formula is C12H25NO2. The van der Waals surface area contributed by atoms with Crippen LogP contribution in [-0.2, 0) is 9.59 Å². The van der Waals surface area contributed by atoms with Crippen LogP contribution in [0.3, 0.4) is 0 Å². The minimum absolute atomic E-state index is 0.0696. The highest BCUT2D eigenvalue weighted by Gasteiger charge is 2.55. The van der Waals surface area contributed by atoms with Crippen LogP contribution in [0.1, 0.15) is 54.9 Å². The van der Waals surface area contributed by atoms with Gasteiger partial charge in [0.1, 0.15) is 5.54 Å². The van der Waals surface area contributed by atoms with Gasteiger partial charge in [-0.15, -0.1) is 0 Å². The maximum absolute atomic E-state index is 11.1. The van der Waals surface area contributed by atoms with Crippen LogP contribution in [0.25, 0.3) is 0 Å². The molecular weight excluding hydrogens is 190 g/mol. The zero-order valence-corrected chi connectivity index (χ0v) is 11.1. The van der Waals surface area contributed by atoms with Crippen molar-refractivity contribution >= 4 is 11.7 Å². The zero-order chi connectivity index (χ0) is 12.6. The van der Waals surface area contributed by atoms with Gasteiger partial charge in [-0.05, 0) is 19.3 Å². The highest BCUT2D eigenvalue weighted by molar-refractivity contribution is 5.94. The van der Waals surface area contributed by atoms with E-state index in [0.29, 0.717) is 5.92 Å². The Bertz CT molecular complexity index is 214. The first-order chi connectivity index (χ1) is 6.99. The molecule has 3 heteroatoms. The van der Waals surface area contributed by atoms with E-state index in [1.165, 1.54) is 13.8 Å². The van der Waals surface area contributed by atoms with Crippen LogP contribution < -0.4 is 5.32 Å². The van der Waals surface area contributed by atoms with Crippen LogP contribution in [0.5, 0.6) is 0 Å². The summed E-state index contributed by atoms with van der Waals surface area (Å²) in [5, 5.41) is 2.69. The summed E-state index contributed by atoms with van der Waals surface area (Å²) in [5.74, 6) is 0.258. The van der Waals surface area contributed by atoms with Crippen LogP contribution in [0.4, 0.5) is 0 Å². The van der Waals surface area contributed by atoms with Crippen molar-refractivity contribution in [1.82, 2.24) is 5.32 Å². The van der Waals surface area contributed by atoms with Crippen molar-refractivity contribution < 1.29 is 9.59 Å². The lowest BCUT2D eigenvalue weighted by Crippen LogP contribution is -2.42. The molecule has 2 atom stereocenters. The van der Waals surface area contributed by atoms with Crippen LogP contribution in [0.2, 0.25) is 0 Å². The highest BCUT2D eigenvalue weighted by Crippen LogP contribution is 2.43. The van der Waals surface area contributed by atoms with Crippen molar-refractivity contribution in [1.29, 1.82) is 0 Å². The standard InChI is InChI=1S/C8H13NO2.2C2H6/c1-5-4-8(5,6(2)10)9-7(3)11;2*1-2/h5H,4H2,1-3H3,(H,9,11);2*1-2H3/t5-,8?;;/m1../s1. The fourth-order valence-electron chi connectivity index (χ4n) is 1.49. The van der Waals surface area contributed by atoms with E-state index in [1.54, 1.807) is 0 Å². The fourth-order valence-corrected chi connectivity index (χ4v) is 1.49. The molecule has 0 aliphatic heterocycles. The maximum Gasteiger partial charge on any atom is 0.217 e. The van der Waals surface area contributed by atoms with E-state index in [0.717, 1.165) is 6.42 Å². The van der Waals surface area contributed by atoms with Gasteiger partial charge in [-0.3, -0.25) is 9.59 Å². The molecule has 1 N–H and O–H groups in total. The average Bonchev–Trinajstić information content (AvgIpc) is 2.83. The summed E-state index contributed by atoms with van der Waals surface area (Å²) in [6.07, 6.45) is 0.794. The molecule has 0 bridgehead atoms. The normalized spacial score (nSPS) is 26.2. The smallest absolute Gasteiger partial charge is 0.217 e. The number of hydrogen-bond donors (Lipinski definition) is 1. The highest BCUT2D eigenvalue weighted by atomic mass is 16.2. The van der Waals surface area contributed by atoms with Gasteiger partial charge in [0.05, 0.1) is 0 Å². The van der Waals surface area contributed by atoms with E-state index in [2.05, 4.69) is 5.32 Å². The van der Waals surface area contributed by atoms with Crippen LogP contribution in [0, 0.1) is 5.92 Å². The molecule has 0 saturated heterocycles. The summed E-state index contributed by atoms with van der Waals surface area (Å²) in [5.41, 5.74) is -0.508. The Morgan fingerprint density at radius 1 is 1.13 bits per heavy atom. The Balaban J connectivity index is 0. The lowest BCUT2D eigenvalue weighted by Gasteiger charge is -2.12. The van der Waals surface area contributed by atoms with E-state index >= 15 is 0 Å². The molecule has 3 nitrogen and oxygen atoms in total. The molecule has 0 aromatic carbocycles. The lowest BCUT2D eigenvalue weighted by atomic mass is 10.1. The van der Waals surface area contributed by atoms with Crippen molar-refractivity contribution in [3.05, 3.63) is 0 Å². The third kappa shape index (κ3) is 4.45. The molecule has 90 valence electrons. The monoisotopic (exact) mass is 215 g/mol. The van der Waals surface area contributed by atoms with Crippen molar-refractivity contribution in [2.75, 3.05) is 0 Å². The van der Waals surface area contributed by atoms with E-state index in [4.69, 9.17) is 0 Å². The van der Waals surface area contributed by atoms with Crippen LogP contribution >= 0.6 is 0 Å². The zero-order valence-electron chi connectivity index (χ0n) is 11.1. The summed E-state index contributed by atoms with van der Waals surface area (Å²) in [7, 11) is 0. The summed E-state index contributed by atoms with van der Waals surface area (Å²) in [6, 6.07) is 0. The number of nitrogens with one attached hydrogen (secondary N) is 1. The quantitative estimate of drug-likeness (QED) is 0.769. The van der Waals surface area contributed by atoms with Gasteiger partial charge in [-0.1, -0.05) is 34.6 Å². The summed E-state index contributed by atoms with van der Waals surface area (Å²) in [6.45, 7) is 12.9. The van der Waals surface area contributed by atoms with Crippen molar-refractivity contribution in [3.63, 3.8) is 0 Å². The van der Waals surface area contributed by atoms with Crippen molar-refractivity contribution in [2.45, 2.75) is 60.4 Å². The van der Waals surface area contributed by atoms with Crippen molar-refractivity contribution in [3.8, 4) is 0 Å². The first-order valence-corrected chi connectivity index (χ1v) is 5.79. The van der Waals surface area contributed by atoms with Gasteiger partial charge in [0.25, 0.3) is 0 Å². The van der Waals surface area contributed by atoms with Crippen LogP contribution in [0.15, 0.2) is 0 Å². The third-order valence-corrected chi connectivity index (χ3v) is 2.34. The molecule has 1 fully saturated rings. The van der Waals surface area contributed by atoms with Gasteiger partial charge in [0, 0.05) is 6.92 Å². The predicted molar refractivity (Wildman–Crippen MR) is 63.7 cm³/mol. The van der Waals surface area contributed by atoms with Gasteiger partial charge in [0.2, 0.25) is 5.91 Å². The molecule has 0 spiro atoms. The Morgan fingerprint density at radius 2 is 1.47 bits per heavy atom. The molecule has 1 rings (SSSR count). The van der Waals surface area contributed by atoms with E-state index in [-0.39, 0.29) is 11.7 Å². The molecule has 0 aromatic rings. The van der Waals surface area contributed by atoms with E-state index in [9.17, 15) is 9.59 Å². The molecule has 0 radical (unpaired) electrons. The number of Topliss-reactive ketones (excluding diaryl/α,β-unsaturated/α-hetero) is 1. The second-order valence-corrected chi connectivity index (χ2v) is 3.31. The molecule has 15 heavy (non-hydrogen) atoms. The Hall–Kier alpha value is -0.860. The first kappa shape index (κ1) is 16.6. The topological polar surface area (TPSA) is 46.2 Å². The number of carbonyl (C=O) groups excluding carboxylic acids is 2. The Labute approximate surface area is 93.6 Å². The number of rotatable bonds is 2. The Kier molecular flexibility index (Phi) is 8.21. The number of carbonyl (C=O) groups is 2. The lowest BCUT2D eigenvalue weighted by molar-refractivity contribution is -0.126. The van der Waals surface area contributed by atoms with E-state index < -0.39 is 5.54 Å². The number of amides is 1. The predicted octanol–water partition coefficient (Wildman–Crippen LogP) is 2.54. The molecule has 1 aliphatic carbocycles. The molecule has 1 aliphatic rings. The molecule has 1 unspecified atom stereocenters. The van der Waals surface area contributed by atoms with Gasteiger partial charge < -0.3 is 5.32 Å². The third-order valence-electron chi connectivity index (χ3n) is 2.34. The molecule has 1 saturated carbocycles. The SMILES string of the molecule is CC.CC.CC(=O)NC1(C(C)=O)C[C@H]1C.